The molecule has 3 fully saturated rings. The molecule has 0 aromatic rings. The maximum atomic E-state index is 12.0. The molecule has 0 radical (unpaired) electrons. The molecule has 1 aliphatic carbocycles. The zero-order valence-electron chi connectivity index (χ0n) is 8.65. The third kappa shape index (κ3) is 1.80. The van der Waals surface area contributed by atoms with Crippen LogP contribution in [0.3, 0.4) is 0 Å². The smallest absolute Gasteiger partial charge is 0.280 e. The molecule has 0 spiro atoms. The molecule has 86 valence electrons. The van der Waals surface area contributed by atoms with Crippen molar-refractivity contribution in [3.05, 3.63) is 0 Å². The Hall–Kier alpha value is -0.170. The second-order valence-corrected chi connectivity index (χ2v) is 6.44. The average Bonchev–Trinajstić information content (AvgIpc) is 2.71. The van der Waals surface area contributed by atoms with Crippen LogP contribution in [0.15, 0.2) is 0 Å². The molecular weight excluding hydrogens is 214 g/mol. The SMILES string of the molecule is O=S(=O)(NC1CC1)N1CC[C@H]2CNC[C@H]21. The minimum Gasteiger partial charge on any atom is -0.315 e. The van der Waals surface area contributed by atoms with Crippen LogP contribution in [-0.4, -0.2) is 44.4 Å². The van der Waals surface area contributed by atoms with Gasteiger partial charge in [-0.05, 0) is 31.7 Å². The number of fused-ring (bicyclic) bond motifs is 1. The molecular formula is C9H17N3O2S. The van der Waals surface area contributed by atoms with E-state index >= 15 is 0 Å². The van der Waals surface area contributed by atoms with Crippen molar-refractivity contribution in [2.24, 2.45) is 5.92 Å². The van der Waals surface area contributed by atoms with E-state index in [4.69, 9.17) is 0 Å². The van der Waals surface area contributed by atoms with Crippen molar-refractivity contribution >= 4 is 10.2 Å². The van der Waals surface area contributed by atoms with Crippen molar-refractivity contribution in [2.75, 3.05) is 19.6 Å². The van der Waals surface area contributed by atoms with Gasteiger partial charge in [-0.1, -0.05) is 0 Å². The maximum Gasteiger partial charge on any atom is 0.280 e. The molecule has 5 nitrogen and oxygen atoms in total. The zero-order chi connectivity index (χ0) is 10.5. The lowest BCUT2D eigenvalue weighted by Crippen LogP contribution is -2.46. The molecule has 2 heterocycles. The van der Waals surface area contributed by atoms with Crippen LogP contribution >= 0.6 is 0 Å². The van der Waals surface area contributed by atoms with E-state index in [1.807, 2.05) is 0 Å². The zero-order valence-corrected chi connectivity index (χ0v) is 9.46. The second kappa shape index (κ2) is 3.41. The van der Waals surface area contributed by atoms with Gasteiger partial charge < -0.3 is 5.32 Å². The fourth-order valence-corrected chi connectivity index (χ4v) is 4.33. The van der Waals surface area contributed by atoms with Gasteiger partial charge in [0, 0.05) is 25.2 Å². The largest absolute Gasteiger partial charge is 0.315 e. The van der Waals surface area contributed by atoms with Gasteiger partial charge in [-0.15, -0.1) is 0 Å². The lowest BCUT2D eigenvalue weighted by molar-refractivity contribution is 0.376. The summed E-state index contributed by atoms with van der Waals surface area (Å²) in [4.78, 5) is 0. The summed E-state index contributed by atoms with van der Waals surface area (Å²) in [6.07, 6.45) is 3.00. The first-order valence-electron chi connectivity index (χ1n) is 5.66. The molecule has 6 heteroatoms. The van der Waals surface area contributed by atoms with Crippen LogP contribution in [0.5, 0.6) is 0 Å². The lowest BCUT2D eigenvalue weighted by atomic mass is 10.1. The number of rotatable bonds is 3. The van der Waals surface area contributed by atoms with E-state index in [2.05, 4.69) is 10.0 Å². The summed E-state index contributed by atoms with van der Waals surface area (Å²) in [6, 6.07) is 0.407. The van der Waals surface area contributed by atoms with Gasteiger partial charge in [0.15, 0.2) is 0 Å². The Morgan fingerprint density at radius 2 is 2.00 bits per heavy atom. The standard InChI is InChI=1S/C9H17N3O2S/c13-15(14,11-8-1-2-8)12-4-3-7-5-10-6-9(7)12/h7-11H,1-6H2/t7-,9+/m0/s1. The van der Waals surface area contributed by atoms with E-state index in [1.54, 1.807) is 4.31 Å². The Bertz CT molecular complexity index is 352. The van der Waals surface area contributed by atoms with E-state index in [0.29, 0.717) is 12.5 Å². The Labute approximate surface area is 90.4 Å². The third-order valence-corrected chi connectivity index (χ3v) is 5.30. The number of nitrogens with one attached hydrogen (secondary N) is 2. The molecule has 2 aliphatic heterocycles. The van der Waals surface area contributed by atoms with E-state index < -0.39 is 10.2 Å². The topological polar surface area (TPSA) is 61.4 Å². The number of hydrogen-bond acceptors (Lipinski definition) is 3. The van der Waals surface area contributed by atoms with Gasteiger partial charge in [-0.3, -0.25) is 0 Å². The van der Waals surface area contributed by atoms with E-state index in [9.17, 15) is 8.42 Å². The summed E-state index contributed by atoms with van der Waals surface area (Å²) in [5.41, 5.74) is 0. The summed E-state index contributed by atoms with van der Waals surface area (Å²) in [6.45, 7) is 2.48. The van der Waals surface area contributed by atoms with Crippen LogP contribution in [0.25, 0.3) is 0 Å². The van der Waals surface area contributed by atoms with Crippen LogP contribution < -0.4 is 10.0 Å². The second-order valence-electron chi connectivity index (χ2n) is 4.78. The molecule has 1 saturated carbocycles. The third-order valence-electron chi connectivity index (χ3n) is 3.60. The number of hydrogen-bond donors (Lipinski definition) is 2. The van der Waals surface area contributed by atoms with E-state index in [1.165, 1.54) is 0 Å². The van der Waals surface area contributed by atoms with E-state index in [0.717, 1.165) is 32.4 Å². The van der Waals surface area contributed by atoms with Gasteiger partial charge in [-0.2, -0.15) is 17.4 Å². The Morgan fingerprint density at radius 3 is 2.73 bits per heavy atom. The average molecular weight is 231 g/mol. The Morgan fingerprint density at radius 1 is 1.20 bits per heavy atom. The first-order chi connectivity index (χ1) is 7.17. The van der Waals surface area contributed by atoms with Crippen molar-refractivity contribution < 1.29 is 8.42 Å². The summed E-state index contributed by atoms with van der Waals surface area (Å²) >= 11 is 0. The highest BCUT2D eigenvalue weighted by Gasteiger charge is 2.44. The molecule has 0 unspecified atom stereocenters. The van der Waals surface area contributed by atoms with Gasteiger partial charge in [-0.25, -0.2) is 0 Å². The Kier molecular flexibility index (Phi) is 2.28. The van der Waals surface area contributed by atoms with Crippen molar-refractivity contribution in [3.63, 3.8) is 0 Å². The molecule has 2 N–H and O–H groups in total. The van der Waals surface area contributed by atoms with Crippen LogP contribution in [0.4, 0.5) is 0 Å². The van der Waals surface area contributed by atoms with Crippen LogP contribution in [0, 0.1) is 5.92 Å². The van der Waals surface area contributed by atoms with Crippen molar-refractivity contribution in [3.8, 4) is 0 Å². The minimum absolute atomic E-state index is 0.196. The molecule has 0 aromatic heterocycles. The van der Waals surface area contributed by atoms with Crippen molar-refractivity contribution in [1.82, 2.24) is 14.3 Å². The van der Waals surface area contributed by atoms with Gasteiger partial charge >= 0.3 is 0 Å². The molecule has 3 aliphatic rings. The van der Waals surface area contributed by atoms with Crippen LogP contribution in [0.2, 0.25) is 0 Å². The minimum atomic E-state index is -3.21. The molecule has 0 aromatic carbocycles. The molecule has 2 atom stereocenters. The molecule has 0 amide bonds. The monoisotopic (exact) mass is 231 g/mol. The number of nitrogens with zero attached hydrogens (tertiary/aromatic N) is 1. The molecule has 15 heavy (non-hydrogen) atoms. The predicted octanol–water partition coefficient (Wildman–Crippen LogP) is -0.723. The van der Waals surface area contributed by atoms with Crippen LogP contribution in [-0.2, 0) is 10.2 Å². The molecule has 2 saturated heterocycles. The lowest BCUT2D eigenvalue weighted by Gasteiger charge is -2.22. The highest BCUT2D eigenvalue weighted by atomic mass is 32.2. The van der Waals surface area contributed by atoms with Crippen LogP contribution in [0.1, 0.15) is 19.3 Å². The predicted molar refractivity (Wildman–Crippen MR) is 56.5 cm³/mol. The molecule has 3 rings (SSSR count). The quantitative estimate of drug-likeness (QED) is 0.673. The molecule has 0 bridgehead atoms. The first kappa shape index (κ1) is 10.0. The summed E-state index contributed by atoms with van der Waals surface area (Å²) in [5.74, 6) is 0.528. The normalized spacial score (nSPS) is 37.1. The summed E-state index contributed by atoms with van der Waals surface area (Å²) in [5, 5.41) is 3.26. The Balaban J connectivity index is 1.75. The fraction of sp³-hybridized carbons (Fsp3) is 1.00. The van der Waals surface area contributed by atoms with Gasteiger partial charge in [0.05, 0.1) is 0 Å². The maximum absolute atomic E-state index is 12.0. The van der Waals surface area contributed by atoms with Gasteiger partial charge in [0.2, 0.25) is 0 Å². The highest BCUT2D eigenvalue weighted by Crippen LogP contribution is 2.30. The van der Waals surface area contributed by atoms with Crippen molar-refractivity contribution in [1.29, 1.82) is 0 Å². The summed E-state index contributed by atoms with van der Waals surface area (Å²) in [7, 11) is -3.21. The van der Waals surface area contributed by atoms with Crippen molar-refractivity contribution in [2.45, 2.75) is 31.3 Å². The summed E-state index contributed by atoms with van der Waals surface area (Å²) < 4.78 is 28.4. The first-order valence-corrected chi connectivity index (χ1v) is 7.10. The van der Waals surface area contributed by atoms with E-state index in [-0.39, 0.29) is 12.1 Å². The highest BCUT2D eigenvalue weighted by molar-refractivity contribution is 7.87. The van der Waals surface area contributed by atoms with Gasteiger partial charge in [0.1, 0.15) is 0 Å². The van der Waals surface area contributed by atoms with Gasteiger partial charge in [0.25, 0.3) is 10.2 Å². The fourth-order valence-electron chi connectivity index (χ4n) is 2.59.